The first-order valence-electron chi connectivity index (χ1n) is 8.19. The third-order valence-electron chi connectivity index (χ3n) is 4.40. The number of benzene rings is 1. The third-order valence-corrected chi connectivity index (χ3v) is 4.64. The van der Waals surface area contributed by atoms with E-state index in [1.807, 2.05) is 42.5 Å². The molecule has 0 bridgehead atoms. The van der Waals surface area contributed by atoms with Gasteiger partial charge in [-0.15, -0.1) is 15.3 Å². The largest absolute Gasteiger partial charge is 0.355 e. The molecule has 1 aromatic carbocycles. The molecule has 0 saturated carbocycles. The standard InChI is InChI=1S/C17H17ClN6O/c18-17-21-20-14-6-7-15(22-24(14)17)23-10-8-13(9-11-23)19-16(25)12-4-2-1-3-5-12/h1-7,13H,8-11H2,(H,19,25). The molecule has 1 fully saturated rings. The molecular formula is C17H17ClN6O. The first kappa shape index (κ1) is 15.8. The van der Waals surface area contributed by atoms with E-state index in [4.69, 9.17) is 11.6 Å². The van der Waals surface area contributed by atoms with Crippen LogP contribution in [-0.2, 0) is 0 Å². The Balaban J connectivity index is 1.39. The zero-order valence-corrected chi connectivity index (χ0v) is 14.2. The molecule has 1 amide bonds. The average Bonchev–Trinajstić information content (AvgIpc) is 3.03. The van der Waals surface area contributed by atoms with Crippen molar-refractivity contribution < 1.29 is 4.79 Å². The van der Waals surface area contributed by atoms with Crippen molar-refractivity contribution in [2.45, 2.75) is 18.9 Å². The third kappa shape index (κ3) is 3.28. The monoisotopic (exact) mass is 356 g/mol. The van der Waals surface area contributed by atoms with Crippen LogP contribution < -0.4 is 10.2 Å². The van der Waals surface area contributed by atoms with Gasteiger partial charge in [-0.1, -0.05) is 18.2 Å². The number of nitrogens with zero attached hydrogens (tertiary/aromatic N) is 5. The molecule has 1 N–H and O–H groups in total. The van der Waals surface area contributed by atoms with E-state index in [1.165, 1.54) is 4.52 Å². The van der Waals surface area contributed by atoms with Gasteiger partial charge >= 0.3 is 0 Å². The highest BCUT2D eigenvalue weighted by molar-refractivity contribution is 6.28. The predicted octanol–water partition coefficient (Wildman–Crippen LogP) is 2.18. The molecule has 3 aromatic rings. The maximum absolute atomic E-state index is 12.2. The summed E-state index contributed by atoms with van der Waals surface area (Å²) in [5, 5.41) is 15.6. The van der Waals surface area contributed by atoms with Gasteiger partial charge in [0.1, 0.15) is 5.82 Å². The van der Waals surface area contributed by atoms with E-state index >= 15 is 0 Å². The molecule has 7 nitrogen and oxygen atoms in total. The molecule has 3 heterocycles. The highest BCUT2D eigenvalue weighted by Crippen LogP contribution is 2.19. The van der Waals surface area contributed by atoms with Crippen molar-refractivity contribution in [1.82, 2.24) is 25.1 Å². The van der Waals surface area contributed by atoms with Crippen LogP contribution in [0.1, 0.15) is 23.2 Å². The summed E-state index contributed by atoms with van der Waals surface area (Å²) in [5.74, 6) is 0.817. The molecular weight excluding hydrogens is 340 g/mol. The quantitative estimate of drug-likeness (QED) is 0.778. The van der Waals surface area contributed by atoms with Crippen LogP contribution in [0.15, 0.2) is 42.5 Å². The summed E-state index contributed by atoms with van der Waals surface area (Å²) in [6.45, 7) is 1.63. The van der Waals surface area contributed by atoms with E-state index in [2.05, 4.69) is 25.5 Å². The van der Waals surface area contributed by atoms with Crippen LogP contribution in [0, 0.1) is 0 Å². The summed E-state index contributed by atoms with van der Waals surface area (Å²) in [5.41, 5.74) is 1.32. The predicted molar refractivity (Wildman–Crippen MR) is 94.9 cm³/mol. The molecule has 0 radical (unpaired) electrons. The minimum absolute atomic E-state index is 0.0186. The van der Waals surface area contributed by atoms with E-state index in [0.29, 0.717) is 11.2 Å². The number of amides is 1. The number of halogens is 1. The first-order valence-corrected chi connectivity index (χ1v) is 8.57. The SMILES string of the molecule is O=C(NC1CCN(c2ccc3nnc(Cl)n3n2)CC1)c1ccccc1. The Kier molecular flexibility index (Phi) is 4.23. The van der Waals surface area contributed by atoms with Crippen LogP contribution in [-0.4, -0.2) is 44.8 Å². The summed E-state index contributed by atoms with van der Waals surface area (Å²) in [6.07, 6.45) is 1.74. The smallest absolute Gasteiger partial charge is 0.251 e. The number of carbonyl (C=O) groups is 1. The Morgan fingerprint density at radius 2 is 1.84 bits per heavy atom. The summed E-state index contributed by atoms with van der Waals surface area (Å²) in [6, 6.07) is 13.2. The summed E-state index contributed by atoms with van der Waals surface area (Å²) < 4.78 is 1.53. The van der Waals surface area contributed by atoms with Gasteiger partial charge in [0, 0.05) is 24.7 Å². The Bertz CT molecular complexity index is 889. The van der Waals surface area contributed by atoms with Gasteiger partial charge in [-0.05, 0) is 48.7 Å². The number of aromatic nitrogens is 4. The van der Waals surface area contributed by atoms with Crippen molar-refractivity contribution in [2.24, 2.45) is 0 Å². The molecule has 0 unspecified atom stereocenters. The Morgan fingerprint density at radius 1 is 1.08 bits per heavy atom. The average molecular weight is 357 g/mol. The van der Waals surface area contributed by atoms with Gasteiger partial charge in [-0.3, -0.25) is 4.79 Å². The van der Waals surface area contributed by atoms with Crippen molar-refractivity contribution in [3.05, 3.63) is 53.3 Å². The van der Waals surface area contributed by atoms with E-state index < -0.39 is 0 Å². The fourth-order valence-electron chi connectivity index (χ4n) is 3.03. The lowest BCUT2D eigenvalue weighted by Crippen LogP contribution is -2.45. The van der Waals surface area contributed by atoms with E-state index in [9.17, 15) is 4.79 Å². The van der Waals surface area contributed by atoms with Crippen molar-refractivity contribution in [3.8, 4) is 0 Å². The van der Waals surface area contributed by atoms with E-state index in [0.717, 1.165) is 31.7 Å². The minimum Gasteiger partial charge on any atom is -0.355 e. The minimum atomic E-state index is -0.0186. The van der Waals surface area contributed by atoms with E-state index in [1.54, 1.807) is 0 Å². The second-order valence-corrected chi connectivity index (χ2v) is 6.37. The molecule has 2 aromatic heterocycles. The Hall–Kier alpha value is -2.67. The van der Waals surface area contributed by atoms with Gasteiger partial charge in [0.25, 0.3) is 5.91 Å². The maximum atomic E-state index is 12.2. The highest BCUT2D eigenvalue weighted by atomic mass is 35.5. The van der Waals surface area contributed by atoms with Gasteiger partial charge in [0.05, 0.1) is 0 Å². The number of carbonyl (C=O) groups excluding carboxylic acids is 1. The summed E-state index contributed by atoms with van der Waals surface area (Å²) >= 11 is 5.98. The lowest BCUT2D eigenvalue weighted by molar-refractivity contribution is 0.0931. The molecule has 4 rings (SSSR count). The van der Waals surface area contributed by atoms with Gasteiger partial charge < -0.3 is 10.2 Å². The fraction of sp³-hybridized carbons (Fsp3) is 0.294. The van der Waals surface area contributed by atoms with Crippen LogP contribution >= 0.6 is 11.6 Å². The van der Waals surface area contributed by atoms with Crippen LogP contribution in [0.5, 0.6) is 0 Å². The number of hydrogen-bond acceptors (Lipinski definition) is 5. The number of hydrogen-bond donors (Lipinski definition) is 1. The Morgan fingerprint density at radius 3 is 2.60 bits per heavy atom. The number of fused-ring (bicyclic) bond motifs is 1. The van der Waals surface area contributed by atoms with Crippen molar-refractivity contribution >= 4 is 29.0 Å². The van der Waals surface area contributed by atoms with Gasteiger partial charge in [-0.25, -0.2) is 0 Å². The maximum Gasteiger partial charge on any atom is 0.251 e. The highest BCUT2D eigenvalue weighted by Gasteiger charge is 2.22. The number of anilines is 1. The first-order chi connectivity index (χ1) is 12.2. The van der Waals surface area contributed by atoms with Crippen LogP contribution in [0.3, 0.4) is 0 Å². The van der Waals surface area contributed by atoms with Crippen LogP contribution in [0.25, 0.3) is 5.65 Å². The zero-order chi connectivity index (χ0) is 17.2. The molecule has 0 spiro atoms. The topological polar surface area (TPSA) is 75.4 Å². The van der Waals surface area contributed by atoms with Crippen molar-refractivity contribution in [3.63, 3.8) is 0 Å². The van der Waals surface area contributed by atoms with E-state index in [-0.39, 0.29) is 17.2 Å². The van der Waals surface area contributed by atoms with Gasteiger partial charge in [0.15, 0.2) is 5.65 Å². The fourth-order valence-corrected chi connectivity index (χ4v) is 3.20. The second-order valence-electron chi connectivity index (χ2n) is 6.03. The molecule has 8 heteroatoms. The number of piperidine rings is 1. The number of rotatable bonds is 3. The van der Waals surface area contributed by atoms with Crippen molar-refractivity contribution in [2.75, 3.05) is 18.0 Å². The van der Waals surface area contributed by atoms with Gasteiger partial charge in [0.2, 0.25) is 5.28 Å². The Labute approximate surface area is 149 Å². The molecule has 128 valence electrons. The summed E-state index contributed by atoms with van der Waals surface area (Å²) in [4.78, 5) is 14.4. The molecule has 25 heavy (non-hydrogen) atoms. The molecule has 1 aliphatic rings. The van der Waals surface area contributed by atoms with Crippen LogP contribution in [0.2, 0.25) is 5.28 Å². The molecule has 1 saturated heterocycles. The summed E-state index contributed by atoms with van der Waals surface area (Å²) in [7, 11) is 0. The lowest BCUT2D eigenvalue weighted by Gasteiger charge is -2.33. The number of nitrogens with one attached hydrogen (secondary N) is 1. The molecule has 0 aliphatic carbocycles. The van der Waals surface area contributed by atoms with Gasteiger partial charge in [-0.2, -0.15) is 4.52 Å². The zero-order valence-electron chi connectivity index (χ0n) is 13.5. The lowest BCUT2D eigenvalue weighted by atomic mass is 10.0. The second kappa shape index (κ2) is 6.68. The van der Waals surface area contributed by atoms with Crippen LogP contribution in [0.4, 0.5) is 5.82 Å². The van der Waals surface area contributed by atoms with Crippen molar-refractivity contribution in [1.29, 1.82) is 0 Å². The molecule has 0 atom stereocenters. The normalized spacial score (nSPS) is 15.5. The molecule has 1 aliphatic heterocycles.